The number of hydrogen-bond donors (Lipinski definition) is 0. The Morgan fingerprint density at radius 3 is 2.38 bits per heavy atom. The van der Waals surface area contributed by atoms with Gasteiger partial charge in [0.1, 0.15) is 16.5 Å². The smallest absolute Gasteiger partial charge is 0.161 e. The number of benzene rings is 2. The highest BCUT2D eigenvalue weighted by molar-refractivity contribution is 7.98. The van der Waals surface area contributed by atoms with Gasteiger partial charge in [0.05, 0.1) is 10.4 Å². The number of rotatable bonds is 2. The number of aromatic nitrogens is 2. The van der Waals surface area contributed by atoms with Crippen LogP contribution in [0.1, 0.15) is 0 Å². The van der Waals surface area contributed by atoms with E-state index >= 15 is 0 Å². The van der Waals surface area contributed by atoms with E-state index in [1.54, 1.807) is 11.8 Å². The summed E-state index contributed by atoms with van der Waals surface area (Å²) in [6.45, 7) is 0. The van der Waals surface area contributed by atoms with Crippen LogP contribution in [0.3, 0.4) is 0 Å². The molecule has 0 aliphatic rings. The lowest BCUT2D eigenvalue weighted by atomic mass is 10.2. The van der Waals surface area contributed by atoms with Crippen LogP contribution in [0.2, 0.25) is 10.2 Å². The third-order valence-corrected chi connectivity index (χ3v) is 4.39. The minimum Gasteiger partial charge on any atom is -0.225 e. The van der Waals surface area contributed by atoms with E-state index in [0.717, 1.165) is 10.5 Å². The van der Waals surface area contributed by atoms with E-state index in [0.29, 0.717) is 16.2 Å². The molecule has 3 rings (SSSR count). The molecule has 0 saturated heterocycles. The summed E-state index contributed by atoms with van der Waals surface area (Å²) < 4.78 is 13.9. The van der Waals surface area contributed by atoms with E-state index < -0.39 is 5.82 Å². The van der Waals surface area contributed by atoms with Gasteiger partial charge in [-0.1, -0.05) is 35.3 Å². The Labute approximate surface area is 135 Å². The van der Waals surface area contributed by atoms with Crippen LogP contribution >= 0.6 is 35.0 Å². The summed E-state index contributed by atoms with van der Waals surface area (Å²) >= 11 is 13.8. The maximum Gasteiger partial charge on any atom is 0.161 e. The van der Waals surface area contributed by atoms with Crippen molar-refractivity contribution in [3.05, 3.63) is 52.4 Å². The van der Waals surface area contributed by atoms with Gasteiger partial charge in [-0.25, -0.2) is 14.4 Å². The molecule has 0 fully saturated rings. The molecule has 0 N–H and O–H groups in total. The lowest BCUT2D eigenvalue weighted by molar-refractivity contribution is 0.636. The molecule has 0 radical (unpaired) electrons. The molecule has 0 unspecified atom stereocenters. The van der Waals surface area contributed by atoms with Gasteiger partial charge in [0.15, 0.2) is 5.82 Å². The van der Waals surface area contributed by atoms with Gasteiger partial charge in [-0.2, -0.15) is 0 Å². The van der Waals surface area contributed by atoms with Crippen molar-refractivity contribution in [3.8, 4) is 11.4 Å². The number of halogens is 3. The second-order valence-electron chi connectivity index (χ2n) is 4.32. The molecule has 0 saturated carbocycles. The molecular formula is C15H9Cl2FN2S. The molecule has 2 aromatic carbocycles. The molecule has 0 amide bonds. The maximum absolute atomic E-state index is 13.9. The van der Waals surface area contributed by atoms with E-state index in [9.17, 15) is 4.39 Å². The van der Waals surface area contributed by atoms with Crippen LogP contribution in [0, 0.1) is 5.82 Å². The first-order valence-electron chi connectivity index (χ1n) is 6.06. The Morgan fingerprint density at radius 2 is 1.71 bits per heavy atom. The van der Waals surface area contributed by atoms with Crippen molar-refractivity contribution in [2.45, 2.75) is 4.90 Å². The molecule has 0 aliphatic heterocycles. The minimum atomic E-state index is -0.472. The van der Waals surface area contributed by atoms with Crippen LogP contribution < -0.4 is 0 Å². The summed E-state index contributed by atoms with van der Waals surface area (Å²) in [6, 6.07) is 10.4. The quantitative estimate of drug-likeness (QED) is 0.458. The molecule has 106 valence electrons. The first-order chi connectivity index (χ1) is 10.1. The topological polar surface area (TPSA) is 25.8 Å². The molecule has 0 bridgehead atoms. The number of nitrogens with zero attached hydrogens (tertiary/aromatic N) is 2. The second kappa shape index (κ2) is 5.79. The normalized spacial score (nSPS) is 11.0. The highest BCUT2D eigenvalue weighted by Crippen LogP contribution is 2.32. The van der Waals surface area contributed by atoms with Crippen LogP contribution in [-0.2, 0) is 0 Å². The van der Waals surface area contributed by atoms with Crippen molar-refractivity contribution < 1.29 is 4.39 Å². The fourth-order valence-electron chi connectivity index (χ4n) is 2.00. The number of fused-ring (bicyclic) bond motifs is 1. The third kappa shape index (κ3) is 2.71. The van der Waals surface area contributed by atoms with Crippen LogP contribution in [0.15, 0.2) is 41.3 Å². The van der Waals surface area contributed by atoms with Gasteiger partial charge in [0, 0.05) is 10.5 Å². The Bertz CT molecular complexity index is 822. The third-order valence-electron chi connectivity index (χ3n) is 3.05. The summed E-state index contributed by atoms with van der Waals surface area (Å²) in [5, 5.41) is 0.817. The van der Waals surface area contributed by atoms with Gasteiger partial charge in [-0.05, 0) is 30.5 Å². The zero-order valence-electron chi connectivity index (χ0n) is 10.9. The predicted molar refractivity (Wildman–Crippen MR) is 86.7 cm³/mol. The number of thioether (sulfide) groups is 1. The van der Waals surface area contributed by atoms with Gasteiger partial charge in [0.25, 0.3) is 0 Å². The summed E-state index contributed by atoms with van der Waals surface area (Å²) in [4.78, 5) is 9.61. The van der Waals surface area contributed by atoms with Crippen LogP contribution in [0.4, 0.5) is 4.39 Å². The average Bonchev–Trinajstić information content (AvgIpc) is 2.50. The Morgan fingerprint density at radius 1 is 1.00 bits per heavy atom. The highest BCUT2D eigenvalue weighted by Gasteiger charge is 2.14. The van der Waals surface area contributed by atoms with Crippen molar-refractivity contribution in [2.24, 2.45) is 0 Å². The monoisotopic (exact) mass is 338 g/mol. The predicted octanol–water partition coefficient (Wildman–Crippen LogP) is 5.46. The van der Waals surface area contributed by atoms with Gasteiger partial charge in [0.2, 0.25) is 0 Å². The van der Waals surface area contributed by atoms with E-state index in [4.69, 9.17) is 23.2 Å². The average molecular weight is 339 g/mol. The zero-order valence-corrected chi connectivity index (χ0v) is 13.2. The fraction of sp³-hybridized carbons (Fsp3) is 0.0667. The summed E-state index contributed by atoms with van der Waals surface area (Å²) in [6.07, 6.45) is 2.00. The lowest BCUT2D eigenvalue weighted by Gasteiger charge is -2.07. The molecule has 6 heteroatoms. The first kappa shape index (κ1) is 14.6. The van der Waals surface area contributed by atoms with Crippen LogP contribution in [0.25, 0.3) is 22.3 Å². The van der Waals surface area contributed by atoms with Crippen molar-refractivity contribution in [2.75, 3.05) is 6.26 Å². The van der Waals surface area contributed by atoms with Gasteiger partial charge in [-0.15, -0.1) is 11.8 Å². The zero-order chi connectivity index (χ0) is 15.0. The summed E-state index contributed by atoms with van der Waals surface area (Å²) in [5.41, 5.74) is 0.905. The SMILES string of the molecule is CSc1ccc(-c2nc(Cl)c3c(Cl)ccc(F)c3n2)cc1. The maximum atomic E-state index is 13.9. The molecule has 0 aliphatic carbocycles. The molecule has 3 aromatic rings. The molecule has 0 spiro atoms. The fourth-order valence-corrected chi connectivity index (χ4v) is 2.97. The van der Waals surface area contributed by atoms with Gasteiger partial charge >= 0.3 is 0 Å². The Balaban J connectivity index is 2.22. The van der Waals surface area contributed by atoms with Crippen LogP contribution in [0.5, 0.6) is 0 Å². The van der Waals surface area contributed by atoms with E-state index in [2.05, 4.69) is 9.97 Å². The van der Waals surface area contributed by atoms with E-state index in [-0.39, 0.29) is 10.7 Å². The van der Waals surface area contributed by atoms with Crippen molar-refractivity contribution in [1.82, 2.24) is 9.97 Å². The highest BCUT2D eigenvalue weighted by atomic mass is 35.5. The Kier molecular flexibility index (Phi) is 4.02. The summed E-state index contributed by atoms with van der Waals surface area (Å²) in [5.74, 6) is -0.0954. The van der Waals surface area contributed by atoms with Crippen molar-refractivity contribution in [3.63, 3.8) is 0 Å². The Hall–Kier alpha value is -1.36. The molecule has 21 heavy (non-hydrogen) atoms. The van der Waals surface area contributed by atoms with Gasteiger partial charge in [-0.3, -0.25) is 0 Å². The molecule has 0 atom stereocenters. The molecular weight excluding hydrogens is 330 g/mol. The van der Waals surface area contributed by atoms with Crippen molar-refractivity contribution in [1.29, 1.82) is 0 Å². The lowest BCUT2D eigenvalue weighted by Crippen LogP contribution is -1.94. The molecule has 1 aromatic heterocycles. The largest absolute Gasteiger partial charge is 0.225 e. The standard InChI is InChI=1S/C15H9Cl2FN2S/c1-21-9-4-2-8(3-5-9)15-19-13-11(18)7-6-10(16)12(13)14(17)20-15/h2-7H,1H3. The first-order valence-corrected chi connectivity index (χ1v) is 8.04. The summed E-state index contributed by atoms with van der Waals surface area (Å²) in [7, 11) is 0. The molecule has 2 nitrogen and oxygen atoms in total. The minimum absolute atomic E-state index is 0.131. The van der Waals surface area contributed by atoms with Gasteiger partial charge < -0.3 is 0 Å². The number of hydrogen-bond acceptors (Lipinski definition) is 3. The van der Waals surface area contributed by atoms with Crippen LogP contribution in [-0.4, -0.2) is 16.2 Å². The second-order valence-corrected chi connectivity index (χ2v) is 5.96. The molecule has 1 heterocycles. The van der Waals surface area contributed by atoms with E-state index in [1.807, 2.05) is 30.5 Å². The van der Waals surface area contributed by atoms with Crippen molar-refractivity contribution >= 4 is 45.9 Å². The van der Waals surface area contributed by atoms with E-state index in [1.165, 1.54) is 12.1 Å².